The number of hydrogen-bond donors (Lipinski definition) is 1. The first-order valence-electron chi connectivity index (χ1n) is 5.95. The highest BCUT2D eigenvalue weighted by Crippen LogP contribution is 2.14. The second-order valence-electron chi connectivity index (χ2n) is 4.46. The van der Waals surface area contributed by atoms with Crippen LogP contribution in [0.15, 0.2) is 36.7 Å². The van der Waals surface area contributed by atoms with Crippen LogP contribution in [0.2, 0.25) is 0 Å². The average molecular weight is 245 g/mol. The van der Waals surface area contributed by atoms with Crippen molar-refractivity contribution in [3.63, 3.8) is 0 Å². The first-order valence-corrected chi connectivity index (χ1v) is 5.95. The number of nitrogens with one attached hydrogen (secondary N) is 1. The average Bonchev–Trinajstić information content (AvgIpc) is 2.38. The molecule has 2 rings (SSSR count). The van der Waals surface area contributed by atoms with Gasteiger partial charge in [-0.2, -0.15) is 0 Å². The highest BCUT2D eigenvalue weighted by Gasteiger charge is 2.02. The van der Waals surface area contributed by atoms with Crippen molar-refractivity contribution in [2.45, 2.75) is 26.3 Å². The molecule has 0 aliphatic carbocycles. The van der Waals surface area contributed by atoms with Gasteiger partial charge in [0.2, 0.25) is 0 Å². The van der Waals surface area contributed by atoms with Crippen LogP contribution in [-0.2, 0) is 6.54 Å². The maximum Gasteiger partial charge on any atom is 0.129 e. The van der Waals surface area contributed by atoms with Gasteiger partial charge in [0.25, 0.3) is 0 Å². The molecule has 4 heteroatoms. The SMILES string of the molecule is CC(C)c1cc(NCc2ccc(F)cc2)ncn1. The van der Waals surface area contributed by atoms with Gasteiger partial charge in [0.05, 0.1) is 0 Å². The Hall–Kier alpha value is -1.97. The van der Waals surface area contributed by atoms with Crippen LogP contribution in [0.4, 0.5) is 10.2 Å². The van der Waals surface area contributed by atoms with Crippen LogP contribution < -0.4 is 5.32 Å². The molecule has 1 aromatic heterocycles. The number of anilines is 1. The Bertz CT molecular complexity index is 509. The molecular weight excluding hydrogens is 229 g/mol. The minimum atomic E-state index is -0.220. The van der Waals surface area contributed by atoms with E-state index >= 15 is 0 Å². The lowest BCUT2D eigenvalue weighted by molar-refractivity contribution is 0.627. The van der Waals surface area contributed by atoms with Crippen LogP contribution in [0.5, 0.6) is 0 Å². The van der Waals surface area contributed by atoms with Crippen molar-refractivity contribution in [2.75, 3.05) is 5.32 Å². The number of rotatable bonds is 4. The van der Waals surface area contributed by atoms with Crippen LogP contribution >= 0.6 is 0 Å². The zero-order valence-electron chi connectivity index (χ0n) is 10.5. The predicted octanol–water partition coefficient (Wildman–Crippen LogP) is 3.35. The Morgan fingerprint density at radius 3 is 2.56 bits per heavy atom. The second-order valence-corrected chi connectivity index (χ2v) is 4.46. The van der Waals surface area contributed by atoms with Crippen LogP contribution in [0.3, 0.4) is 0 Å². The third kappa shape index (κ3) is 3.26. The quantitative estimate of drug-likeness (QED) is 0.897. The topological polar surface area (TPSA) is 37.8 Å². The summed E-state index contributed by atoms with van der Waals surface area (Å²) in [5.41, 5.74) is 2.02. The lowest BCUT2D eigenvalue weighted by Crippen LogP contribution is -2.03. The van der Waals surface area contributed by atoms with Crippen molar-refractivity contribution in [1.82, 2.24) is 9.97 Å². The molecule has 2 aromatic rings. The molecule has 3 nitrogen and oxygen atoms in total. The van der Waals surface area contributed by atoms with Crippen LogP contribution in [0.25, 0.3) is 0 Å². The first kappa shape index (κ1) is 12.5. The molecule has 1 heterocycles. The Morgan fingerprint density at radius 1 is 1.17 bits per heavy atom. The number of hydrogen-bond acceptors (Lipinski definition) is 3. The van der Waals surface area contributed by atoms with Crippen LogP contribution in [0, 0.1) is 5.82 Å². The monoisotopic (exact) mass is 245 g/mol. The minimum Gasteiger partial charge on any atom is -0.366 e. The van der Waals surface area contributed by atoms with Gasteiger partial charge in [0.15, 0.2) is 0 Å². The first-order chi connectivity index (χ1) is 8.65. The summed E-state index contributed by atoms with van der Waals surface area (Å²) in [6.45, 7) is 4.80. The molecule has 0 aliphatic rings. The normalized spacial score (nSPS) is 10.7. The van der Waals surface area contributed by atoms with E-state index in [1.807, 2.05) is 6.07 Å². The smallest absolute Gasteiger partial charge is 0.129 e. The molecule has 0 saturated carbocycles. The van der Waals surface area contributed by atoms with Gasteiger partial charge < -0.3 is 5.32 Å². The summed E-state index contributed by atoms with van der Waals surface area (Å²) in [6.07, 6.45) is 1.56. The summed E-state index contributed by atoms with van der Waals surface area (Å²) in [5, 5.41) is 3.20. The minimum absolute atomic E-state index is 0.220. The fraction of sp³-hybridized carbons (Fsp3) is 0.286. The molecule has 0 aliphatic heterocycles. The highest BCUT2D eigenvalue weighted by molar-refractivity contribution is 5.36. The highest BCUT2D eigenvalue weighted by atomic mass is 19.1. The molecule has 0 bridgehead atoms. The molecule has 1 N–H and O–H groups in total. The maximum absolute atomic E-state index is 12.8. The van der Waals surface area contributed by atoms with Crippen molar-refractivity contribution in [3.8, 4) is 0 Å². The van der Waals surface area contributed by atoms with Gasteiger partial charge in [-0.25, -0.2) is 14.4 Å². The second kappa shape index (κ2) is 5.58. The number of aromatic nitrogens is 2. The van der Waals surface area contributed by atoms with Crippen molar-refractivity contribution >= 4 is 5.82 Å². The molecule has 94 valence electrons. The third-order valence-corrected chi connectivity index (χ3v) is 2.67. The summed E-state index contributed by atoms with van der Waals surface area (Å²) in [7, 11) is 0. The predicted molar refractivity (Wildman–Crippen MR) is 69.8 cm³/mol. The van der Waals surface area contributed by atoms with Gasteiger partial charge >= 0.3 is 0 Å². The lowest BCUT2D eigenvalue weighted by Gasteiger charge is -2.08. The van der Waals surface area contributed by atoms with Gasteiger partial charge in [-0.05, 0) is 23.6 Å². The Kier molecular flexibility index (Phi) is 3.87. The lowest BCUT2D eigenvalue weighted by atomic mass is 10.1. The molecule has 1 aromatic carbocycles. The number of halogens is 1. The summed E-state index contributed by atoms with van der Waals surface area (Å²) >= 11 is 0. The number of nitrogens with zero attached hydrogens (tertiary/aromatic N) is 2. The fourth-order valence-electron chi connectivity index (χ4n) is 1.58. The number of benzene rings is 1. The molecule has 0 saturated heterocycles. The van der Waals surface area contributed by atoms with E-state index in [0.717, 1.165) is 17.1 Å². The van der Waals surface area contributed by atoms with E-state index in [1.54, 1.807) is 18.5 Å². The largest absolute Gasteiger partial charge is 0.366 e. The van der Waals surface area contributed by atoms with E-state index in [4.69, 9.17) is 0 Å². The van der Waals surface area contributed by atoms with Crippen molar-refractivity contribution in [1.29, 1.82) is 0 Å². The zero-order chi connectivity index (χ0) is 13.0. The Balaban J connectivity index is 2.01. The molecule has 0 unspecified atom stereocenters. The van der Waals surface area contributed by atoms with Crippen molar-refractivity contribution in [2.24, 2.45) is 0 Å². The van der Waals surface area contributed by atoms with E-state index in [1.165, 1.54) is 12.1 Å². The molecule has 0 spiro atoms. The van der Waals surface area contributed by atoms with E-state index in [9.17, 15) is 4.39 Å². The molecular formula is C14H16FN3. The summed E-state index contributed by atoms with van der Waals surface area (Å²) < 4.78 is 12.8. The molecule has 0 radical (unpaired) electrons. The summed E-state index contributed by atoms with van der Waals surface area (Å²) in [6, 6.07) is 8.36. The third-order valence-electron chi connectivity index (χ3n) is 2.67. The molecule has 18 heavy (non-hydrogen) atoms. The molecule has 0 amide bonds. The van der Waals surface area contributed by atoms with Crippen molar-refractivity contribution < 1.29 is 4.39 Å². The van der Waals surface area contributed by atoms with Gasteiger partial charge in [0, 0.05) is 18.3 Å². The van der Waals surface area contributed by atoms with Gasteiger partial charge in [0.1, 0.15) is 18.0 Å². The van der Waals surface area contributed by atoms with Gasteiger partial charge in [-0.3, -0.25) is 0 Å². The van der Waals surface area contributed by atoms with Crippen molar-refractivity contribution in [3.05, 3.63) is 53.7 Å². The van der Waals surface area contributed by atoms with Gasteiger partial charge in [-0.1, -0.05) is 26.0 Å². The van der Waals surface area contributed by atoms with E-state index < -0.39 is 0 Å². The fourth-order valence-corrected chi connectivity index (χ4v) is 1.58. The summed E-state index contributed by atoms with van der Waals surface area (Å²) in [4.78, 5) is 8.36. The van der Waals surface area contributed by atoms with Crippen LogP contribution in [0.1, 0.15) is 31.0 Å². The van der Waals surface area contributed by atoms with E-state index in [2.05, 4.69) is 29.1 Å². The Morgan fingerprint density at radius 2 is 1.89 bits per heavy atom. The standard InChI is InChI=1S/C14H16FN3/c1-10(2)13-7-14(18-9-17-13)16-8-11-3-5-12(15)6-4-11/h3-7,9-10H,8H2,1-2H3,(H,16,17,18). The molecule has 0 fully saturated rings. The maximum atomic E-state index is 12.8. The van der Waals surface area contributed by atoms with Gasteiger partial charge in [-0.15, -0.1) is 0 Å². The molecule has 0 atom stereocenters. The summed E-state index contributed by atoms with van der Waals surface area (Å²) in [5.74, 6) is 0.945. The van der Waals surface area contributed by atoms with Crippen LogP contribution in [-0.4, -0.2) is 9.97 Å². The Labute approximate surface area is 106 Å². The van der Waals surface area contributed by atoms with E-state index in [0.29, 0.717) is 12.5 Å². The van der Waals surface area contributed by atoms with E-state index in [-0.39, 0.29) is 5.82 Å². The zero-order valence-corrected chi connectivity index (χ0v) is 10.5.